The Morgan fingerprint density at radius 1 is 1.50 bits per heavy atom. The Balaban J connectivity index is 2.50. The number of rotatable bonds is 4. The summed E-state index contributed by atoms with van der Waals surface area (Å²) in [6, 6.07) is 4.60. The molecule has 1 aliphatic carbocycles. The second-order valence-corrected chi connectivity index (χ2v) is 4.48. The number of hydrogen-bond donors (Lipinski definition) is 2. The molecule has 6 nitrogen and oxygen atoms in total. The molecule has 1 fully saturated rings. The van der Waals surface area contributed by atoms with Crippen LogP contribution in [0.5, 0.6) is 0 Å². The van der Waals surface area contributed by atoms with Gasteiger partial charge in [-0.15, -0.1) is 0 Å². The Bertz CT molecular complexity index is 509. The van der Waals surface area contributed by atoms with E-state index in [1.54, 1.807) is 19.2 Å². The van der Waals surface area contributed by atoms with Crippen LogP contribution in [0.3, 0.4) is 0 Å². The fraction of sp³-hybridized carbons (Fsp3) is 0.417. The van der Waals surface area contributed by atoms with Crippen LogP contribution in [0.1, 0.15) is 24.8 Å². The summed E-state index contributed by atoms with van der Waals surface area (Å²) in [6.07, 6.45) is 1.92. The van der Waals surface area contributed by atoms with Gasteiger partial charge in [-0.3, -0.25) is 14.9 Å². The summed E-state index contributed by atoms with van der Waals surface area (Å²) >= 11 is 0. The van der Waals surface area contributed by atoms with Gasteiger partial charge in [-0.05, 0) is 24.5 Å². The van der Waals surface area contributed by atoms with E-state index >= 15 is 0 Å². The molecule has 1 aromatic rings. The van der Waals surface area contributed by atoms with Crippen LogP contribution in [0.2, 0.25) is 0 Å². The molecule has 18 heavy (non-hydrogen) atoms. The highest BCUT2D eigenvalue weighted by molar-refractivity contribution is 5.83. The van der Waals surface area contributed by atoms with Gasteiger partial charge in [0.25, 0.3) is 5.69 Å². The van der Waals surface area contributed by atoms with Gasteiger partial charge < -0.3 is 10.4 Å². The van der Waals surface area contributed by atoms with Gasteiger partial charge in [-0.2, -0.15) is 0 Å². The lowest BCUT2D eigenvalue weighted by Crippen LogP contribution is -2.42. The highest BCUT2D eigenvalue weighted by Crippen LogP contribution is 2.45. The second-order valence-electron chi connectivity index (χ2n) is 4.48. The third-order valence-electron chi connectivity index (χ3n) is 3.63. The zero-order chi connectivity index (χ0) is 13.3. The van der Waals surface area contributed by atoms with E-state index in [-0.39, 0.29) is 5.69 Å². The molecule has 2 rings (SSSR count). The highest BCUT2D eigenvalue weighted by atomic mass is 16.6. The highest BCUT2D eigenvalue weighted by Gasteiger charge is 2.46. The maximum absolute atomic E-state index is 11.4. The maximum atomic E-state index is 11.4. The molecule has 0 aliphatic heterocycles. The number of anilines is 1. The van der Waals surface area contributed by atoms with E-state index in [4.69, 9.17) is 0 Å². The number of hydrogen-bond acceptors (Lipinski definition) is 4. The zero-order valence-electron chi connectivity index (χ0n) is 9.97. The number of carboxylic acids is 1. The Morgan fingerprint density at radius 2 is 2.17 bits per heavy atom. The van der Waals surface area contributed by atoms with Crippen molar-refractivity contribution < 1.29 is 14.8 Å². The molecule has 0 atom stereocenters. The minimum absolute atomic E-state index is 0.0810. The van der Waals surface area contributed by atoms with E-state index in [0.29, 0.717) is 24.1 Å². The molecule has 0 aromatic heterocycles. The summed E-state index contributed by atoms with van der Waals surface area (Å²) in [5.41, 5.74) is -0.102. The van der Waals surface area contributed by atoms with E-state index in [1.165, 1.54) is 6.07 Å². The quantitative estimate of drug-likeness (QED) is 0.630. The van der Waals surface area contributed by atoms with Gasteiger partial charge in [0.2, 0.25) is 0 Å². The number of nitrogens with one attached hydrogen (secondary N) is 1. The van der Waals surface area contributed by atoms with E-state index < -0.39 is 16.3 Å². The molecule has 96 valence electrons. The third kappa shape index (κ3) is 1.70. The van der Waals surface area contributed by atoms with Gasteiger partial charge >= 0.3 is 5.97 Å². The molecule has 0 bridgehead atoms. The van der Waals surface area contributed by atoms with Crippen molar-refractivity contribution >= 4 is 17.3 Å². The standard InChI is InChI=1S/C12H14N2O4/c1-13-9-4-3-8(7-10(9)14(17)18)12(11(15)16)5-2-6-12/h3-4,7,13H,2,5-6H2,1H3,(H,15,16). The summed E-state index contributed by atoms with van der Waals surface area (Å²) in [7, 11) is 1.60. The van der Waals surface area contributed by atoms with Crippen LogP contribution < -0.4 is 5.32 Å². The molecule has 0 amide bonds. The van der Waals surface area contributed by atoms with Gasteiger partial charge in [0.1, 0.15) is 5.69 Å². The molecule has 0 spiro atoms. The van der Waals surface area contributed by atoms with Crippen molar-refractivity contribution in [1.29, 1.82) is 0 Å². The molecule has 1 saturated carbocycles. The SMILES string of the molecule is CNc1ccc(C2(C(=O)O)CCC2)cc1[N+](=O)[O-]. The maximum Gasteiger partial charge on any atom is 0.314 e. The molecular formula is C12H14N2O4. The number of carboxylic acid groups (broad SMARTS) is 1. The van der Waals surface area contributed by atoms with Crippen molar-refractivity contribution in [3.05, 3.63) is 33.9 Å². The first-order valence-electron chi connectivity index (χ1n) is 5.71. The largest absolute Gasteiger partial charge is 0.481 e. The minimum Gasteiger partial charge on any atom is -0.481 e. The molecule has 2 N–H and O–H groups in total. The Kier molecular flexibility index (Phi) is 2.94. The summed E-state index contributed by atoms with van der Waals surface area (Å²) in [6.45, 7) is 0. The van der Waals surface area contributed by atoms with E-state index in [9.17, 15) is 20.0 Å². The van der Waals surface area contributed by atoms with Gasteiger partial charge in [0.05, 0.1) is 10.3 Å². The van der Waals surface area contributed by atoms with E-state index in [2.05, 4.69) is 5.32 Å². The Morgan fingerprint density at radius 3 is 2.56 bits per heavy atom. The Labute approximate surface area is 104 Å². The number of carbonyl (C=O) groups is 1. The summed E-state index contributed by atoms with van der Waals surface area (Å²) < 4.78 is 0. The van der Waals surface area contributed by atoms with Crippen molar-refractivity contribution in [3.8, 4) is 0 Å². The predicted molar refractivity (Wildman–Crippen MR) is 65.8 cm³/mol. The fourth-order valence-corrected chi connectivity index (χ4v) is 2.35. The zero-order valence-corrected chi connectivity index (χ0v) is 9.97. The second kappa shape index (κ2) is 4.29. The van der Waals surface area contributed by atoms with Crippen LogP contribution in [0.25, 0.3) is 0 Å². The van der Waals surface area contributed by atoms with Crippen molar-refractivity contribution in [3.63, 3.8) is 0 Å². The summed E-state index contributed by atoms with van der Waals surface area (Å²) in [5, 5.41) is 23.0. The first kappa shape index (κ1) is 12.3. The fourth-order valence-electron chi connectivity index (χ4n) is 2.35. The molecule has 1 aromatic carbocycles. The third-order valence-corrected chi connectivity index (χ3v) is 3.63. The molecule has 1 aliphatic rings. The van der Waals surface area contributed by atoms with Crippen LogP contribution >= 0.6 is 0 Å². The number of nitro benzene ring substituents is 1. The van der Waals surface area contributed by atoms with Crippen molar-refractivity contribution in [2.45, 2.75) is 24.7 Å². The van der Waals surface area contributed by atoms with Gasteiger partial charge in [0.15, 0.2) is 0 Å². The molecule has 0 saturated heterocycles. The lowest BCUT2D eigenvalue weighted by atomic mass is 9.64. The molecular weight excluding hydrogens is 236 g/mol. The lowest BCUT2D eigenvalue weighted by molar-refractivity contribution is -0.384. The topological polar surface area (TPSA) is 92.5 Å². The van der Waals surface area contributed by atoms with Crippen LogP contribution in [0.15, 0.2) is 18.2 Å². The summed E-state index contributed by atoms with van der Waals surface area (Å²) in [5.74, 6) is -0.903. The number of nitrogens with zero attached hydrogens (tertiary/aromatic N) is 1. The normalized spacial score (nSPS) is 16.7. The minimum atomic E-state index is -0.934. The van der Waals surface area contributed by atoms with Crippen LogP contribution in [-0.4, -0.2) is 23.0 Å². The van der Waals surface area contributed by atoms with Crippen LogP contribution in [0.4, 0.5) is 11.4 Å². The van der Waals surface area contributed by atoms with Crippen molar-refractivity contribution in [2.24, 2.45) is 0 Å². The van der Waals surface area contributed by atoms with Gasteiger partial charge in [-0.25, -0.2) is 0 Å². The van der Waals surface area contributed by atoms with Crippen LogP contribution in [-0.2, 0) is 10.2 Å². The molecule has 0 radical (unpaired) electrons. The first-order chi connectivity index (χ1) is 8.51. The van der Waals surface area contributed by atoms with Crippen LogP contribution in [0, 0.1) is 10.1 Å². The predicted octanol–water partition coefficient (Wildman–Crippen LogP) is 2.14. The first-order valence-corrected chi connectivity index (χ1v) is 5.71. The average molecular weight is 250 g/mol. The number of nitro groups is 1. The average Bonchev–Trinajstić information content (AvgIpc) is 2.26. The number of benzene rings is 1. The van der Waals surface area contributed by atoms with Gasteiger partial charge in [-0.1, -0.05) is 12.5 Å². The number of aliphatic carboxylic acids is 1. The molecule has 6 heteroatoms. The van der Waals surface area contributed by atoms with Crippen molar-refractivity contribution in [2.75, 3.05) is 12.4 Å². The Hall–Kier alpha value is -2.11. The summed E-state index contributed by atoms with van der Waals surface area (Å²) in [4.78, 5) is 21.8. The smallest absolute Gasteiger partial charge is 0.314 e. The van der Waals surface area contributed by atoms with Gasteiger partial charge in [0, 0.05) is 13.1 Å². The lowest BCUT2D eigenvalue weighted by Gasteiger charge is -2.38. The van der Waals surface area contributed by atoms with Crippen molar-refractivity contribution in [1.82, 2.24) is 0 Å². The van der Waals surface area contributed by atoms with E-state index in [1.807, 2.05) is 0 Å². The van der Waals surface area contributed by atoms with E-state index in [0.717, 1.165) is 6.42 Å². The monoisotopic (exact) mass is 250 g/mol. The molecule has 0 unspecified atom stereocenters. The molecule has 0 heterocycles.